The first-order valence-electron chi connectivity index (χ1n) is 10.2. The Kier molecular flexibility index (Phi) is 5.81. The lowest BCUT2D eigenvalue weighted by atomic mass is 9.81. The van der Waals surface area contributed by atoms with Gasteiger partial charge in [-0.1, -0.05) is 42.5 Å². The van der Waals surface area contributed by atoms with Crippen LogP contribution >= 0.6 is 0 Å². The van der Waals surface area contributed by atoms with Gasteiger partial charge in [-0.2, -0.15) is 0 Å². The minimum absolute atomic E-state index is 0.316. The summed E-state index contributed by atoms with van der Waals surface area (Å²) >= 11 is 0. The summed E-state index contributed by atoms with van der Waals surface area (Å²) in [4.78, 5) is 13.7. The number of likely N-dealkylation sites (tertiary alicyclic amines) is 1. The van der Waals surface area contributed by atoms with Gasteiger partial charge in [-0.15, -0.1) is 0 Å². The first-order chi connectivity index (χ1) is 14.1. The molecule has 2 aliphatic rings. The maximum absolute atomic E-state index is 11.3. The van der Waals surface area contributed by atoms with Crippen molar-refractivity contribution in [3.05, 3.63) is 71.3 Å². The normalized spacial score (nSPS) is 21.1. The average molecular weight is 393 g/mol. The first kappa shape index (κ1) is 19.8. The minimum Gasteiger partial charge on any atom is -0.487 e. The lowest BCUT2D eigenvalue weighted by molar-refractivity contribution is -0.117. The van der Waals surface area contributed by atoms with Crippen LogP contribution in [0.1, 0.15) is 42.1 Å². The van der Waals surface area contributed by atoms with Gasteiger partial charge >= 0.3 is 0 Å². The Morgan fingerprint density at radius 1 is 1.17 bits per heavy atom. The molecule has 0 amide bonds. The fourth-order valence-corrected chi connectivity index (χ4v) is 4.27. The lowest BCUT2D eigenvalue weighted by Gasteiger charge is -2.46. The monoisotopic (exact) mass is 393 g/mol. The minimum atomic E-state index is -0.582. The molecule has 5 nitrogen and oxygen atoms in total. The maximum atomic E-state index is 11.3. The second-order valence-electron chi connectivity index (χ2n) is 8.02. The van der Waals surface area contributed by atoms with Crippen molar-refractivity contribution in [3.8, 4) is 5.75 Å². The Morgan fingerprint density at radius 3 is 2.66 bits per heavy atom. The Balaban J connectivity index is 1.42. The number of nitrogens with zero attached hydrogens (tertiary/aromatic N) is 1. The second-order valence-corrected chi connectivity index (χ2v) is 8.02. The topological polar surface area (TPSA) is 70.0 Å². The Hall–Kier alpha value is -2.47. The molecule has 0 bridgehead atoms. The largest absolute Gasteiger partial charge is 0.487 e. The van der Waals surface area contributed by atoms with Crippen LogP contribution in [0.25, 0.3) is 6.08 Å². The molecule has 2 aromatic rings. The average Bonchev–Trinajstić information content (AvgIpc) is 2.75. The van der Waals surface area contributed by atoms with Crippen molar-refractivity contribution in [2.45, 2.75) is 37.5 Å². The van der Waals surface area contributed by atoms with Gasteiger partial charge in [-0.3, -0.25) is 9.69 Å². The van der Waals surface area contributed by atoms with E-state index in [-0.39, 0.29) is 11.4 Å². The summed E-state index contributed by atoms with van der Waals surface area (Å²) in [6.07, 6.45) is 4.79. The van der Waals surface area contributed by atoms with E-state index in [4.69, 9.17) is 9.84 Å². The van der Waals surface area contributed by atoms with E-state index in [0.29, 0.717) is 6.42 Å². The molecule has 1 fully saturated rings. The molecule has 5 heteroatoms. The van der Waals surface area contributed by atoms with Crippen LogP contribution in [0, 0.1) is 0 Å². The molecule has 0 radical (unpaired) electrons. The van der Waals surface area contributed by atoms with E-state index in [9.17, 15) is 9.90 Å². The van der Waals surface area contributed by atoms with Crippen LogP contribution in [-0.4, -0.2) is 46.2 Å². The van der Waals surface area contributed by atoms with Crippen molar-refractivity contribution in [3.63, 3.8) is 0 Å². The van der Waals surface area contributed by atoms with Crippen LogP contribution < -0.4 is 4.74 Å². The van der Waals surface area contributed by atoms with Crippen LogP contribution in [0.15, 0.2) is 54.6 Å². The van der Waals surface area contributed by atoms with Crippen molar-refractivity contribution >= 4 is 11.9 Å². The van der Waals surface area contributed by atoms with Gasteiger partial charge in [0.25, 0.3) is 0 Å². The van der Waals surface area contributed by atoms with Crippen LogP contribution in [0.5, 0.6) is 5.75 Å². The molecule has 152 valence electrons. The lowest BCUT2D eigenvalue weighted by Crippen LogP contribution is -2.50. The second kappa shape index (κ2) is 8.49. The quantitative estimate of drug-likeness (QED) is 0.764. The summed E-state index contributed by atoms with van der Waals surface area (Å²) in [7, 11) is 0. The number of hydrogen-bond acceptors (Lipinski definition) is 5. The number of rotatable bonds is 5. The summed E-state index contributed by atoms with van der Waals surface area (Å²) in [5.41, 5.74) is 2.57. The molecule has 4 rings (SSSR count). The molecule has 2 N–H and O–H groups in total. The number of aliphatic hydroxyl groups is 2. The van der Waals surface area contributed by atoms with E-state index >= 15 is 0 Å². The van der Waals surface area contributed by atoms with Crippen LogP contribution in [0.2, 0.25) is 0 Å². The van der Waals surface area contributed by atoms with E-state index in [2.05, 4.69) is 29.2 Å². The molecule has 0 saturated carbocycles. The molecule has 2 aliphatic heterocycles. The molecule has 0 aliphatic carbocycles. The third-order valence-corrected chi connectivity index (χ3v) is 5.92. The summed E-state index contributed by atoms with van der Waals surface area (Å²) in [6.45, 7) is 2.33. The molecular formula is C24H27NO4. The molecule has 1 saturated heterocycles. The zero-order valence-corrected chi connectivity index (χ0v) is 16.5. The van der Waals surface area contributed by atoms with Crippen molar-refractivity contribution in [1.29, 1.82) is 0 Å². The van der Waals surface area contributed by atoms with E-state index in [1.165, 1.54) is 11.6 Å². The predicted molar refractivity (Wildman–Crippen MR) is 111 cm³/mol. The van der Waals surface area contributed by atoms with Gasteiger partial charge in [0.2, 0.25) is 0 Å². The van der Waals surface area contributed by atoms with Crippen molar-refractivity contribution < 1.29 is 19.7 Å². The number of hydrogen-bond donors (Lipinski definition) is 2. The molecule has 1 spiro atoms. The summed E-state index contributed by atoms with van der Waals surface area (Å²) < 4.78 is 6.41. The number of benzene rings is 2. The Labute approximate surface area is 171 Å². The molecule has 0 aromatic heterocycles. The number of fused-ring (bicyclic) bond motifs is 1. The highest BCUT2D eigenvalue weighted by Crippen LogP contribution is 2.44. The number of aliphatic hydroxyl groups excluding tert-OH is 2. The fourth-order valence-electron chi connectivity index (χ4n) is 4.27. The summed E-state index contributed by atoms with van der Waals surface area (Å²) in [6, 6.07) is 16.1. The summed E-state index contributed by atoms with van der Waals surface area (Å²) in [5, 5.41) is 19.6. The third-order valence-electron chi connectivity index (χ3n) is 5.92. The van der Waals surface area contributed by atoms with Gasteiger partial charge in [-0.05, 0) is 42.2 Å². The molecule has 1 unspecified atom stereocenters. The van der Waals surface area contributed by atoms with Crippen molar-refractivity contribution in [2.24, 2.45) is 0 Å². The molecule has 29 heavy (non-hydrogen) atoms. The first-order valence-corrected chi connectivity index (χ1v) is 10.2. The van der Waals surface area contributed by atoms with Gasteiger partial charge in [0, 0.05) is 31.6 Å². The van der Waals surface area contributed by atoms with Crippen LogP contribution in [0.4, 0.5) is 0 Å². The maximum Gasteiger partial charge on any atom is 0.181 e. The van der Waals surface area contributed by atoms with E-state index in [0.717, 1.165) is 49.4 Å². The number of piperidine rings is 1. The number of ether oxygens (including phenoxy) is 1. The molecular weight excluding hydrogens is 366 g/mol. The van der Waals surface area contributed by atoms with E-state index in [1.807, 2.05) is 24.3 Å². The molecule has 2 aromatic carbocycles. The predicted octanol–water partition coefficient (Wildman–Crippen LogP) is 3.11. The zero-order valence-electron chi connectivity index (χ0n) is 16.5. The van der Waals surface area contributed by atoms with Crippen molar-refractivity contribution in [1.82, 2.24) is 4.90 Å². The van der Waals surface area contributed by atoms with Gasteiger partial charge in [0.05, 0.1) is 6.10 Å². The standard InChI is InChI=1S/C24H27NO4/c26-17-20(27)8-6-18-7-9-23-21(14-18)22(28)15-24(29-23)10-12-25(13-11-24)16-19-4-2-1-3-5-19/h1-9,14,22,26,28H,10-13,15-17H2/b8-6+. The van der Waals surface area contributed by atoms with E-state index in [1.54, 1.807) is 6.08 Å². The van der Waals surface area contributed by atoms with Gasteiger partial charge in [0.15, 0.2) is 5.78 Å². The van der Waals surface area contributed by atoms with Crippen LogP contribution in [0.3, 0.4) is 0 Å². The van der Waals surface area contributed by atoms with Crippen LogP contribution in [-0.2, 0) is 11.3 Å². The zero-order chi connectivity index (χ0) is 20.3. The van der Waals surface area contributed by atoms with Crippen molar-refractivity contribution in [2.75, 3.05) is 19.7 Å². The highest BCUT2D eigenvalue weighted by Gasteiger charge is 2.42. The Morgan fingerprint density at radius 2 is 1.93 bits per heavy atom. The fraction of sp³-hybridized carbons (Fsp3) is 0.375. The van der Waals surface area contributed by atoms with Gasteiger partial charge in [0.1, 0.15) is 18.0 Å². The number of carbonyl (C=O) groups excluding carboxylic acids is 1. The third kappa shape index (κ3) is 4.58. The summed E-state index contributed by atoms with van der Waals surface area (Å²) in [5.74, 6) is 0.381. The number of carbonyl (C=O) groups is 1. The smallest absolute Gasteiger partial charge is 0.181 e. The molecule has 1 atom stereocenters. The highest BCUT2D eigenvalue weighted by atomic mass is 16.5. The highest BCUT2D eigenvalue weighted by molar-refractivity contribution is 5.94. The van der Waals surface area contributed by atoms with E-state index < -0.39 is 12.7 Å². The SMILES string of the molecule is O=C(/C=C/c1ccc2c(c1)C(O)CC1(CCN(Cc3ccccc3)CC1)O2)CO. The Bertz CT molecular complexity index is 885. The number of ketones is 1. The molecule has 2 heterocycles. The van der Waals surface area contributed by atoms with Gasteiger partial charge < -0.3 is 14.9 Å². The van der Waals surface area contributed by atoms with Gasteiger partial charge in [-0.25, -0.2) is 0 Å².